The van der Waals surface area contributed by atoms with Crippen molar-refractivity contribution in [1.29, 1.82) is 0 Å². The van der Waals surface area contributed by atoms with Gasteiger partial charge in [0, 0.05) is 39.3 Å². The van der Waals surface area contributed by atoms with E-state index in [4.69, 9.17) is 11.6 Å². The number of carbonyl (C=O) groups excluding carboxylic acids is 1. The van der Waals surface area contributed by atoms with Gasteiger partial charge in [-0.3, -0.25) is 9.78 Å². The van der Waals surface area contributed by atoms with E-state index in [2.05, 4.69) is 10.3 Å². The summed E-state index contributed by atoms with van der Waals surface area (Å²) in [5.41, 5.74) is 2.57. The molecule has 1 amide bonds. The van der Waals surface area contributed by atoms with Crippen LogP contribution in [0.1, 0.15) is 15.9 Å². The number of nitrogens with zero attached hydrogens (tertiary/aromatic N) is 1. The SMILES string of the molecule is O=C(Nc1ccc(Cl)cc1)c1ccc(SCc2ccncc2)cc1. The Kier molecular flexibility index (Phi) is 5.51. The molecule has 0 aliphatic rings. The Balaban J connectivity index is 1.59. The second-order valence-corrected chi connectivity index (χ2v) is 6.61. The van der Waals surface area contributed by atoms with Crippen LogP contribution in [0.15, 0.2) is 78.0 Å². The number of hydrogen-bond acceptors (Lipinski definition) is 3. The molecule has 0 fully saturated rings. The van der Waals surface area contributed by atoms with E-state index in [0.717, 1.165) is 16.3 Å². The van der Waals surface area contributed by atoms with Gasteiger partial charge >= 0.3 is 0 Å². The van der Waals surface area contributed by atoms with Crippen LogP contribution in [0, 0.1) is 0 Å². The highest BCUT2D eigenvalue weighted by Gasteiger charge is 2.06. The predicted molar refractivity (Wildman–Crippen MR) is 99.6 cm³/mol. The summed E-state index contributed by atoms with van der Waals surface area (Å²) in [4.78, 5) is 17.4. The number of rotatable bonds is 5. The summed E-state index contributed by atoms with van der Waals surface area (Å²) in [5.74, 6) is 0.738. The quantitative estimate of drug-likeness (QED) is 0.634. The Morgan fingerprint density at radius 2 is 1.62 bits per heavy atom. The molecule has 0 saturated heterocycles. The molecule has 0 atom stereocenters. The van der Waals surface area contributed by atoms with Gasteiger partial charge in [0.2, 0.25) is 0 Å². The van der Waals surface area contributed by atoms with Crippen LogP contribution in [0.4, 0.5) is 5.69 Å². The number of pyridine rings is 1. The van der Waals surface area contributed by atoms with Crippen molar-refractivity contribution in [3.8, 4) is 0 Å². The van der Waals surface area contributed by atoms with Crippen molar-refractivity contribution in [2.75, 3.05) is 5.32 Å². The summed E-state index contributed by atoms with van der Waals surface area (Å²) >= 11 is 7.56. The molecule has 3 nitrogen and oxygen atoms in total. The summed E-state index contributed by atoms with van der Waals surface area (Å²) in [6.07, 6.45) is 3.58. The number of anilines is 1. The zero-order chi connectivity index (χ0) is 16.8. The molecule has 120 valence electrons. The molecule has 0 bridgehead atoms. The van der Waals surface area contributed by atoms with Crippen LogP contribution in [0.25, 0.3) is 0 Å². The van der Waals surface area contributed by atoms with E-state index in [1.807, 2.05) is 36.4 Å². The molecule has 0 saturated carbocycles. The van der Waals surface area contributed by atoms with Crippen LogP contribution in [-0.2, 0) is 5.75 Å². The van der Waals surface area contributed by atoms with Crippen molar-refractivity contribution in [1.82, 2.24) is 4.98 Å². The monoisotopic (exact) mass is 354 g/mol. The summed E-state index contributed by atoms with van der Waals surface area (Å²) in [5, 5.41) is 3.49. The van der Waals surface area contributed by atoms with Crippen molar-refractivity contribution in [3.05, 3.63) is 89.2 Å². The minimum Gasteiger partial charge on any atom is -0.322 e. The molecule has 0 aliphatic carbocycles. The van der Waals surface area contributed by atoms with E-state index in [9.17, 15) is 4.79 Å². The van der Waals surface area contributed by atoms with Gasteiger partial charge in [0.15, 0.2) is 0 Å². The normalized spacial score (nSPS) is 10.4. The second-order valence-electron chi connectivity index (χ2n) is 5.13. The van der Waals surface area contributed by atoms with Crippen molar-refractivity contribution < 1.29 is 4.79 Å². The number of carbonyl (C=O) groups is 1. The maximum absolute atomic E-state index is 12.2. The predicted octanol–water partition coefficient (Wildman–Crippen LogP) is 5.28. The highest BCUT2D eigenvalue weighted by Crippen LogP contribution is 2.23. The third kappa shape index (κ3) is 4.60. The Hall–Kier alpha value is -2.30. The highest BCUT2D eigenvalue weighted by atomic mass is 35.5. The number of aromatic nitrogens is 1. The van der Waals surface area contributed by atoms with Crippen molar-refractivity contribution >= 4 is 35.0 Å². The van der Waals surface area contributed by atoms with E-state index in [1.54, 1.807) is 48.4 Å². The number of benzene rings is 2. The zero-order valence-corrected chi connectivity index (χ0v) is 14.3. The van der Waals surface area contributed by atoms with Gasteiger partial charge in [0.25, 0.3) is 5.91 Å². The van der Waals surface area contributed by atoms with Crippen LogP contribution in [0.3, 0.4) is 0 Å². The standard InChI is InChI=1S/C19H15ClN2OS/c20-16-3-5-17(6-4-16)22-19(23)15-1-7-18(8-2-15)24-13-14-9-11-21-12-10-14/h1-12H,13H2,(H,22,23). The first-order valence-corrected chi connectivity index (χ1v) is 8.76. The summed E-state index contributed by atoms with van der Waals surface area (Å²) in [7, 11) is 0. The maximum Gasteiger partial charge on any atom is 0.255 e. The zero-order valence-electron chi connectivity index (χ0n) is 12.8. The molecule has 24 heavy (non-hydrogen) atoms. The lowest BCUT2D eigenvalue weighted by Gasteiger charge is -2.06. The Morgan fingerprint density at radius 1 is 0.958 bits per heavy atom. The number of nitrogens with one attached hydrogen (secondary N) is 1. The minimum absolute atomic E-state index is 0.136. The third-order valence-electron chi connectivity index (χ3n) is 3.37. The first-order chi connectivity index (χ1) is 11.7. The third-order valence-corrected chi connectivity index (χ3v) is 4.71. The van der Waals surface area contributed by atoms with E-state index >= 15 is 0 Å². The van der Waals surface area contributed by atoms with Crippen LogP contribution in [0.2, 0.25) is 5.02 Å². The van der Waals surface area contributed by atoms with E-state index in [0.29, 0.717) is 10.6 Å². The summed E-state index contributed by atoms with van der Waals surface area (Å²) in [6.45, 7) is 0. The average molecular weight is 355 g/mol. The fourth-order valence-electron chi connectivity index (χ4n) is 2.08. The smallest absolute Gasteiger partial charge is 0.255 e. The topological polar surface area (TPSA) is 42.0 Å². The summed E-state index contributed by atoms with van der Waals surface area (Å²) in [6, 6.07) is 18.6. The van der Waals surface area contributed by atoms with Crippen LogP contribution in [0.5, 0.6) is 0 Å². The van der Waals surface area contributed by atoms with Crippen LogP contribution >= 0.6 is 23.4 Å². The molecule has 0 aliphatic heterocycles. The lowest BCUT2D eigenvalue weighted by atomic mass is 10.2. The minimum atomic E-state index is -0.136. The van der Waals surface area contributed by atoms with Gasteiger partial charge in [-0.2, -0.15) is 0 Å². The lowest BCUT2D eigenvalue weighted by molar-refractivity contribution is 0.102. The largest absolute Gasteiger partial charge is 0.322 e. The second kappa shape index (κ2) is 7.99. The van der Waals surface area contributed by atoms with E-state index < -0.39 is 0 Å². The summed E-state index contributed by atoms with van der Waals surface area (Å²) < 4.78 is 0. The molecule has 0 spiro atoms. The van der Waals surface area contributed by atoms with E-state index in [-0.39, 0.29) is 5.91 Å². The van der Waals surface area contributed by atoms with Gasteiger partial charge in [-0.25, -0.2) is 0 Å². The van der Waals surface area contributed by atoms with E-state index in [1.165, 1.54) is 5.56 Å². The fourth-order valence-corrected chi connectivity index (χ4v) is 3.07. The number of thioether (sulfide) groups is 1. The molecule has 3 aromatic rings. The van der Waals surface area contributed by atoms with Gasteiger partial charge in [-0.15, -0.1) is 11.8 Å². The van der Waals surface area contributed by atoms with Gasteiger partial charge in [-0.1, -0.05) is 11.6 Å². The number of amides is 1. The first-order valence-electron chi connectivity index (χ1n) is 7.39. The van der Waals surface area contributed by atoms with Crippen LogP contribution in [-0.4, -0.2) is 10.9 Å². The Bertz CT molecular complexity index is 805. The molecule has 1 N–H and O–H groups in total. The Labute approximate surface area is 150 Å². The molecular formula is C19H15ClN2OS. The molecule has 1 heterocycles. The Morgan fingerprint density at radius 3 is 2.29 bits per heavy atom. The lowest BCUT2D eigenvalue weighted by Crippen LogP contribution is -2.11. The molecule has 3 rings (SSSR count). The first kappa shape index (κ1) is 16.6. The van der Waals surface area contributed by atoms with Crippen molar-refractivity contribution in [2.24, 2.45) is 0 Å². The molecule has 5 heteroatoms. The number of hydrogen-bond donors (Lipinski definition) is 1. The van der Waals surface area contributed by atoms with Gasteiger partial charge in [0.1, 0.15) is 0 Å². The van der Waals surface area contributed by atoms with Crippen molar-refractivity contribution in [3.63, 3.8) is 0 Å². The fraction of sp³-hybridized carbons (Fsp3) is 0.0526. The van der Waals surface area contributed by atoms with Gasteiger partial charge in [-0.05, 0) is 66.2 Å². The van der Waals surface area contributed by atoms with Crippen LogP contribution < -0.4 is 5.32 Å². The molecule has 0 unspecified atom stereocenters. The number of halogens is 1. The highest BCUT2D eigenvalue weighted by molar-refractivity contribution is 7.98. The van der Waals surface area contributed by atoms with Gasteiger partial charge < -0.3 is 5.32 Å². The molecule has 1 aromatic heterocycles. The van der Waals surface area contributed by atoms with Crippen molar-refractivity contribution in [2.45, 2.75) is 10.6 Å². The molecule has 2 aromatic carbocycles. The maximum atomic E-state index is 12.2. The average Bonchev–Trinajstić information content (AvgIpc) is 2.63. The van der Waals surface area contributed by atoms with Gasteiger partial charge in [0.05, 0.1) is 0 Å². The molecule has 0 radical (unpaired) electrons. The molecular weight excluding hydrogens is 340 g/mol.